The summed E-state index contributed by atoms with van der Waals surface area (Å²) in [6, 6.07) is 4.54. The van der Waals surface area contributed by atoms with Crippen LogP contribution in [-0.4, -0.2) is 27.5 Å². The van der Waals surface area contributed by atoms with Crippen molar-refractivity contribution in [1.29, 1.82) is 0 Å². The van der Waals surface area contributed by atoms with Crippen molar-refractivity contribution in [1.82, 2.24) is 14.9 Å². The van der Waals surface area contributed by atoms with Gasteiger partial charge in [0.1, 0.15) is 0 Å². The third kappa shape index (κ3) is 1.93. The number of fused-ring (bicyclic) bond motifs is 1. The van der Waals surface area contributed by atoms with Gasteiger partial charge in [0.05, 0.1) is 11.0 Å². The molecule has 0 saturated carbocycles. The molecule has 1 saturated heterocycles. The number of likely N-dealkylation sites (tertiary alicyclic amines) is 1. The van der Waals surface area contributed by atoms with Crippen LogP contribution in [0.25, 0.3) is 11.0 Å². The number of aromatic nitrogens is 2. The van der Waals surface area contributed by atoms with E-state index in [1.807, 2.05) is 18.3 Å². The second kappa shape index (κ2) is 4.21. The van der Waals surface area contributed by atoms with Crippen molar-refractivity contribution >= 4 is 11.0 Å². The molecule has 4 nitrogen and oxygen atoms in total. The van der Waals surface area contributed by atoms with Crippen LogP contribution in [0.1, 0.15) is 24.5 Å². The fourth-order valence-electron chi connectivity index (χ4n) is 2.35. The van der Waals surface area contributed by atoms with Crippen LogP contribution in [0.15, 0.2) is 23.1 Å². The molecule has 2 aromatic heterocycles. The molecule has 0 aromatic carbocycles. The van der Waals surface area contributed by atoms with Crippen LogP contribution < -0.4 is 5.56 Å². The highest BCUT2D eigenvalue weighted by Crippen LogP contribution is 2.20. The first-order valence-electron chi connectivity index (χ1n) is 6.36. The first-order chi connectivity index (χ1) is 8.63. The van der Waals surface area contributed by atoms with Gasteiger partial charge in [0.15, 0.2) is 0 Å². The predicted octanol–water partition coefficient (Wildman–Crippen LogP) is 1.83. The monoisotopic (exact) mass is 243 g/mol. The Morgan fingerprint density at radius 3 is 3.00 bits per heavy atom. The van der Waals surface area contributed by atoms with Gasteiger partial charge in [0.2, 0.25) is 0 Å². The highest BCUT2D eigenvalue weighted by molar-refractivity contribution is 5.74. The van der Waals surface area contributed by atoms with Crippen molar-refractivity contribution < 1.29 is 0 Å². The van der Waals surface area contributed by atoms with E-state index in [1.165, 1.54) is 6.42 Å². The molecule has 0 aliphatic carbocycles. The van der Waals surface area contributed by atoms with Crippen molar-refractivity contribution in [3.8, 4) is 0 Å². The summed E-state index contributed by atoms with van der Waals surface area (Å²) in [7, 11) is 0. The molecule has 2 aromatic rings. The third-order valence-electron chi connectivity index (χ3n) is 3.78. The summed E-state index contributed by atoms with van der Waals surface area (Å²) in [4.78, 5) is 21.3. The fraction of sp³-hybridized carbons (Fsp3) is 0.429. The van der Waals surface area contributed by atoms with Gasteiger partial charge in [-0.1, -0.05) is 0 Å². The van der Waals surface area contributed by atoms with Crippen molar-refractivity contribution in [2.75, 3.05) is 6.54 Å². The number of pyridine rings is 2. The number of H-pyrrole nitrogens is 1. The van der Waals surface area contributed by atoms with Crippen molar-refractivity contribution in [2.45, 2.75) is 32.9 Å². The molecule has 1 N–H and O–H groups in total. The lowest BCUT2D eigenvalue weighted by molar-refractivity contribution is 0.0959. The Hall–Kier alpha value is -1.68. The standard InChI is InChI=1S/C14H17N3O/c1-9-5-12-13(16-14(9)18)6-11(7-15-12)8-17-4-3-10(17)2/h5-7,10H,3-4,8H2,1-2H3,(H,16,18)/t10-/m1/s1. The molecule has 94 valence electrons. The van der Waals surface area contributed by atoms with E-state index in [4.69, 9.17) is 0 Å². The summed E-state index contributed by atoms with van der Waals surface area (Å²) >= 11 is 0. The van der Waals surface area contributed by atoms with E-state index in [0.29, 0.717) is 11.6 Å². The largest absolute Gasteiger partial charge is 0.320 e. The van der Waals surface area contributed by atoms with E-state index in [0.717, 1.165) is 29.7 Å². The van der Waals surface area contributed by atoms with E-state index in [9.17, 15) is 4.79 Å². The Labute approximate surface area is 106 Å². The van der Waals surface area contributed by atoms with Crippen LogP contribution >= 0.6 is 0 Å². The highest BCUT2D eigenvalue weighted by Gasteiger charge is 2.23. The van der Waals surface area contributed by atoms with Crippen molar-refractivity contribution in [3.63, 3.8) is 0 Å². The van der Waals surface area contributed by atoms with E-state index in [2.05, 4.69) is 21.8 Å². The summed E-state index contributed by atoms with van der Waals surface area (Å²) in [5, 5.41) is 0. The number of aromatic amines is 1. The summed E-state index contributed by atoms with van der Waals surface area (Å²) in [5.41, 5.74) is 3.52. The Morgan fingerprint density at radius 2 is 2.33 bits per heavy atom. The quantitative estimate of drug-likeness (QED) is 0.875. The van der Waals surface area contributed by atoms with Crippen molar-refractivity contribution in [3.05, 3.63) is 39.8 Å². The average molecular weight is 243 g/mol. The van der Waals surface area contributed by atoms with Gasteiger partial charge in [0.25, 0.3) is 5.56 Å². The smallest absolute Gasteiger partial charge is 0.251 e. The second-order valence-electron chi connectivity index (χ2n) is 5.17. The van der Waals surface area contributed by atoms with Crippen LogP contribution in [0.2, 0.25) is 0 Å². The second-order valence-corrected chi connectivity index (χ2v) is 5.17. The minimum absolute atomic E-state index is 0.0289. The molecule has 1 atom stereocenters. The van der Waals surface area contributed by atoms with Gasteiger partial charge in [0, 0.05) is 30.9 Å². The molecule has 0 spiro atoms. The lowest BCUT2D eigenvalue weighted by Crippen LogP contribution is -2.44. The van der Waals surface area contributed by atoms with Gasteiger partial charge in [-0.2, -0.15) is 0 Å². The average Bonchev–Trinajstić information content (AvgIpc) is 2.36. The van der Waals surface area contributed by atoms with Crippen LogP contribution in [0, 0.1) is 6.92 Å². The van der Waals surface area contributed by atoms with E-state index < -0.39 is 0 Å². The number of nitrogens with one attached hydrogen (secondary N) is 1. The number of aryl methyl sites for hydroxylation is 1. The maximum absolute atomic E-state index is 11.6. The molecule has 0 unspecified atom stereocenters. The van der Waals surface area contributed by atoms with Gasteiger partial charge in [-0.05, 0) is 38.0 Å². The normalized spacial score (nSPS) is 20.0. The van der Waals surface area contributed by atoms with Crippen LogP contribution in [0.3, 0.4) is 0 Å². The van der Waals surface area contributed by atoms with Gasteiger partial charge < -0.3 is 4.98 Å². The Kier molecular flexibility index (Phi) is 2.67. The molecule has 1 aliphatic heterocycles. The maximum atomic E-state index is 11.6. The molecule has 1 fully saturated rings. The first-order valence-corrected chi connectivity index (χ1v) is 6.36. The van der Waals surface area contributed by atoms with Crippen molar-refractivity contribution in [2.24, 2.45) is 0 Å². The fourth-order valence-corrected chi connectivity index (χ4v) is 2.35. The predicted molar refractivity (Wildman–Crippen MR) is 71.6 cm³/mol. The summed E-state index contributed by atoms with van der Waals surface area (Å²) in [6.07, 6.45) is 3.18. The Morgan fingerprint density at radius 1 is 1.50 bits per heavy atom. The molecule has 18 heavy (non-hydrogen) atoms. The molecule has 3 rings (SSSR count). The SMILES string of the molecule is Cc1cc2ncc(CN3CC[C@H]3C)cc2[nH]c1=O. The van der Waals surface area contributed by atoms with Gasteiger partial charge in [-0.15, -0.1) is 0 Å². The highest BCUT2D eigenvalue weighted by atomic mass is 16.1. The molecule has 4 heteroatoms. The van der Waals surface area contributed by atoms with E-state index in [1.54, 1.807) is 6.92 Å². The maximum Gasteiger partial charge on any atom is 0.251 e. The van der Waals surface area contributed by atoms with Crippen LogP contribution in [-0.2, 0) is 6.54 Å². The zero-order chi connectivity index (χ0) is 12.7. The number of rotatable bonds is 2. The summed E-state index contributed by atoms with van der Waals surface area (Å²) < 4.78 is 0. The molecule has 0 radical (unpaired) electrons. The number of nitrogens with zero attached hydrogens (tertiary/aromatic N) is 2. The molecule has 1 aliphatic rings. The summed E-state index contributed by atoms with van der Waals surface area (Å²) in [6.45, 7) is 6.11. The molecular weight excluding hydrogens is 226 g/mol. The van der Waals surface area contributed by atoms with E-state index in [-0.39, 0.29) is 5.56 Å². The van der Waals surface area contributed by atoms with Gasteiger partial charge in [-0.3, -0.25) is 14.7 Å². The zero-order valence-corrected chi connectivity index (χ0v) is 10.7. The zero-order valence-electron chi connectivity index (χ0n) is 10.7. The van der Waals surface area contributed by atoms with Crippen LogP contribution in [0.5, 0.6) is 0 Å². The lowest BCUT2D eigenvalue weighted by Gasteiger charge is -2.38. The third-order valence-corrected chi connectivity index (χ3v) is 3.78. The Bertz CT molecular complexity index is 647. The molecular formula is C14H17N3O. The van der Waals surface area contributed by atoms with E-state index >= 15 is 0 Å². The topological polar surface area (TPSA) is 49.0 Å². The van der Waals surface area contributed by atoms with Gasteiger partial charge >= 0.3 is 0 Å². The van der Waals surface area contributed by atoms with Crippen LogP contribution in [0.4, 0.5) is 0 Å². The minimum Gasteiger partial charge on any atom is -0.320 e. The first kappa shape index (κ1) is 11.4. The van der Waals surface area contributed by atoms with Gasteiger partial charge in [-0.25, -0.2) is 0 Å². The Balaban J connectivity index is 1.95. The lowest BCUT2D eigenvalue weighted by atomic mass is 10.0. The number of hydrogen-bond donors (Lipinski definition) is 1. The number of hydrogen-bond acceptors (Lipinski definition) is 3. The minimum atomic E-state index is -0.0289. The molecule has 3 heterocycles. The summed E-state index contributed by atoms with van der Waals surface area (Å²) in [5.74, 6) is 0. The molecule has 0 bridgehead atoms. The molecule has 0 amide bonds.